The van der Waals surface area contributed by atoms with E-state index in [4.69, 9.17) is 11.0 Å². The highest BCUT2D eigenvalue weighted by Crippen LogP contribution is 2.28. The molecule has 0 bridgehead atoms. The van der Waals surface area contributed by atoms with Crippen LogP contribution in [0, 0.1) is 21.4 Å². The molecule has 0 aliphatic heterocycles. The van der Waals surface area contributed by atoms with Crippen molar-refractivity contribution in [1.82, 2.24) is 0 Å². The number of carbonyl (C=O) groups excluding carboxylic acids is 1. The quantitative estimate of drug-likeness (QED) is 0.597. The van der Waals surface area contributed by atoms with Gasteiger partial charge in [-0.3, -0.25) is 14.9 Å². The molecule has 0 aliphatic carbocycles. The first-order valence-corrected chi connectivity index (χ1v) is 5.18. The van der Waals surface area contributed by atoms with Gasteiger partial charge in [0.05, 0.1) is 4.92 Å². The summed E-state index contributed by atoms with van der Waals surface area (Å²) in [5, 5.41) is 22.5. The van der Waals surface area contributed by atoms with Crippen molar-refractivity contribution >= 4 is 17.3 Å². The number of hydrogen-bond donors (Lipinski definition) is 2. The van der Waals surface area contributed by atoms with Crippen LogP contribution in [0.15, 0.2) is 18.2 Å². The molecule has 94 valence electrons. The zero-order valence-corrected chi connectivity index (χ0v) is 9.71. The second kappa shape index (κ2) is 5.63. The van der Waals surface area contributed by atoms with Gasteiger partial charge in [0.15, 0.2) is 0 Å². The number of nitrogens with zero attached hydrogens (tertiary/aromatic N) is 2. The van der Waals surface area contributed by atoms with E-state index in [1.807, 2.05) is 0 Å². The molecule has 1 aromatic carbocycles. The maximum atomic E-state index is 10.9. The molecule has 0 spiro atoms. The summed E-state index contributed by atoms with van der Waals surface area (Å²) in [4.78, 5) is 21.0. The Balaban J connectivity index is 3.06. The van der Waals surface area contributed by atoms with Crippen LogP contribution in [0.3, 0.4) is 0 Å². The van der Waals surface area contributed by atoms with Crippen molar-refractivity contribution in [2.75, 3.05) is 5.32 Å². The van der Waals surface area contributed by atoms with Gasteiger partial charge in [-0.15, -0.1) is 0 Å². The molecule has 18 heavy (non-hydrogen) atoms. The molecule has 0 fully saturated rings. The monoisotopic (exact) mass is 248 g/mol. The highest BCUT2D eigenvalue weighted by Gasteiger charge is 2.20. The third-order valence-corrected chi connectivity index (χ3v) is 2.25. The molecule has 0 aliphatic rings. The van der Waals surface area contributed by atoms with E-state index in [-0.39, 0.29) is 29.4 Å². The van der Waals surface area contributed by atoms with Crippen LogP contribution in [0.1, 0.15) is 18.9 Å². The van der Waals surface area contributed by atoms with E-state index >= 15 is 0 Å². The third-order valence-electron chi connectivity index (χ3n) is 2.25. The molecule has 1 aromatic rings. The number of anilines is 1. The molecule has 0 heterocycles. The molecule has 3 N–H and O–H groups in total. The molecule has 1 atom stereocenters. The van der Waals surface area contributed by atoms with Crippen molar-refractivity contribution in [2.45, 2.75) is 19.4 Å². The number of primary amides is 1. The van der Waals surface area contributed by atoms with E-state index in [9.17, 15) is 14.9 Å². The van der Waals surface area contributed by atoms with E-state index in [1.54, 1.807) is 13.0 Å². The van der Waals surface area contributed by atoms with Gasteiger partial charge in [-0.1, -0.05) is 6.07 Å². The Bertz CT molecular complexity index is 522. The molecule has 7 heteroatoms. The lowest BCUT2D eigenvalue weighted by Crippen LogP contribution is -2.24. The second-order valence-electron chi connectivity index (χ2n) is 3.79. The Morgan fingerprint density at radius 3 is 2.83 bits per heavy atom. The predicted molar refractivity (Wildman–Crippen MR) is 64.7 cm³/mol. The molecular formula is C11H12N4O3. The van der Waals surface area contributed by atoms with Gasteiger partial charge in [-0.05, 0) is 19.1 Å². The minimum atomic E-state index is -0.627. The Morgan fingerprint density at radius 2 is 2.33 bits per heavy atom. The Morgan fingerprint density at radius 1 is 1.67 bits per heavy atom. The van der Waals surface area contributed by atoms with Crippen LogP contribution in [0.2, 0.25) is 0 Å². The maximum absolute atomic E-state index is 10.9. The summed E-state index contributed by atoms with van der Waals surface area (Å²) in [7, 11) is 0. The lowest BCUT2D eigenvalue weighted by Gasteiger charge is -2.13. The van der Waals surface area contributed by atoms with Gasteiger partial charge in [0.1, 0.15) is 17.3 Å². The van der Waals surface area contributed by atoms with Crippen LogP contribution in [-0.4, -0.2) is 16.9 Å². The van der Waals surface area contributed by atoms with Gasteiger partial charge in [0.2, 0.25) is 5.91 Å². The smallest absolute Gasteiger partial charge is 0.309 e. The largest absolute Gasteiger partial charge is 0.376 e. The summed E-state index contributed by atoms with van der Waals surface area (Å²) in [6, 6.07) is 5.78. The average molecular weight is 248 g/mol. The van der Waals surface area contributed by atoms with Gasteiger partial charge < -0.3 is 11.1 Å². The number of nitrogens with one attached hydrogen (secondary N) is 1. The first-order chi connectivity index (χ1) is 8.45. The molecule has 1 rings (SSSR count). The van der Waals surface area contributed by atoms with Crippen molar-refractivity contribution in [2.24, 2.45) is 5.73 Å². The Kier molecular flexibility index (Phi) is 4.21. The molecule has 1 unspecified atom stereocenters. The number of hydrogen-bond acceptors (Lipinski definition) is 5. The first-order valence-electron chi connectivity index (χ1n) is 5.18. The summed E-state index contributed by atoms with van der Waals surface area (Å²) in [5.41, 5.74) is 4.91. The van der Waals surface area contributed by atoms with Crippen LogP contribution in [0.25, 0.3) is 0 Å². The van der Waals surface area contributed by atoms with Gasteiger partial charge in [0, 0.05) is 12.5 Å². The molecule has 0 saturated carbocycles. The molecule has 0 saturated heterocycles. The van der Waals surface area contributed by atoms with E-state index in [1.165, 1.54) is 18.2 Å². The number of amides is 1. The van der Waals surface area contributed by atoms with Crippen molar-refractivity contribution in [1.29, 1.82) is 5.26 Å². The van der Waals surface area contributed by atoms with Gasteiger partial charge >= 0.3 is 5.69 Å². The number of benzene rings is 1. The zero-order valence-electron chi connectivity index (χ0n) is 9.71. The van der Waals surface area contributed by atoms with Crippen LogP contribution in [-0.2, 0) is 4.79 Å². The molecule has 0 radical (unpaired) electrons. The minimum Gasteiger partial charge on any atom is -0.376 e. The fourth-order valence-corrected chi connectivity index (χ4v) is 1.57. The highest BCUT2D eigenvalue weighted by atomic mass is 16.6. The molecule has 1 amide bonds. The number of nitriles is 1. The first kappa shape index (κ1) is 13.4. The number of nitro benzene ring substituents is 1. The SMILES string of the molecule is CC(CC(N)=O)Nc1cccc(C#N)c1[N+](=O)[O-]. The van der Waals surface area contributed by atoms with E-state index in [0.29, 0.717) is 0 Å². The van der Waals surface area contributed by atoms with Crippen LogP contribution < -0.4 is 11.1 Å². The number of nitrogens with two attached hydrogens (primary N) is 1. The highest BCUT2D eigenvalue weighted by molar-refractivity contribution is 5.75. The maximum Gasteiger partial charge on any atom is 0.309 e. The fraction of sp³-hybridized carbons (Fsp3) is 0.273. The predicted octanol–water partition coefficient (Wildman–Crippen LogP) is 1.14. The number of rotatable bonds is 5. The van der Waals surface area contributed by atoms with E-state index < -0.39 is 10.8 Å². The lowest BCUT2D eigenvalue weighted by molar-refractivity contribution is -0.384. The lowest BCUT2D eigenvalue weighted by atomic mass is 10.1. The molecule has 0 aromatic heterocycles. The number of nitro groups is 1. The summed E-state index contributed by atoms with van der Waals surface area (Å²) in [5.74, 6) is -0.505. The van der Waals surface area contributed by atoms with Gasteiger partial charge in [-0.25, -0.2) is 0 Å². The van der Waals surface area contributed by atoms with Gasteiger partial charge in [0.25, 0.3) is 0 Å². The van der Waals surface area contributed by atoms with Crippen LogP contribution in [0.5, 0.6) is 0 Å². The van der Waals surface area contributed by atoms with Gasteiger partial charge in [-0.2, -0.15) is 5.26 Å². The Hall–Kier alpha value is -2.62. The molecule has 7 nitrogen and oxygen atoms in total. The minimum absolute atomic E-state index is 0.0312. The summed E-state index contributed by atoms with van der Waals surface area (Å²) >= 11 is 0. The van der Waals surface area contributed by atoms with Crippen molar-refractivity contribution < 1.29 is 9.72 Å². The average Bonchev–Trinajstić information content (AvgIpc) is 2.26. The normalized spacial score (nSPS) is 11.3. The van der Waals surface area contributed by atoms with E-state index in [2.05, 4.69) is 5.32 Å². The van der Waals surface area contributed by atoms with Crippen LogP contribution >= 0.6 is 0 Å². The summed E-state index contributed by atoms with van der Waals surface area (Å²) in [6.07, 6.45) is 0.0495. The standard InChI is InChI=1S/C11H12N4O3/c1-7(5-10(13)16)14-9-4-2-3-8(6-12)11(9)15(17)18/h2-4,7,14H,5H2,1H3,(H2,13,16). The van der Waals surface area contributed by atoms with Crippen LogP contribution in [0.4, 0.5) is 11.4 Å². The van der Waals surface area contributed by atoms with Crippen molar-refractivity contribution in [3.05, 3.63) is 33.9 Å². The zero-order chi connectivity index (χ0) is 13.7. The van der Waals surface area contributed by atoms with E-state index in [0.717, 1.165) is 0 Å². The molecular weight excluding hydrogens is 236 g/mol. The topological polar surface area (TPSA) is 122 Å². The fourth-order valence-electron chi connectivity index (χ4n) is 1.57. The summed E-state index contributed by atoms with van der Waals surface area (Å²) in [6.45, 7) is 1.67. The number of para-hydroxylation sites is 1. The second-order valence-corrected chi connectivity index (χ2v) is 3.79. The number of carbonyl (C=O) groups is 1. The Labute approximate surface area is 103 Å². The third kappa shape index (κ3) is 3.18. The van der Waals surface area contributed by atoms with Crippen molar-refractivity contribution in [3.63, 3.8) is 0 Å². The van der Waals surface area contributed by atoms with Crippen molar-refractivity contribution in [3.8, 4) is 6.07 Å². The summed E-state index contributed by atoms with van der Waals surface area (Å²) < 4.78 is 0.